The highest BCUT2D eigenvalue weighted by molar-refractivity contribution is 5.76. The molecule has 3 N–H and O–H groups in total. The van der Waals surface area contributed by atoms with Crippen LogP contribution >= 0.6 is 0 Å². The van der Waals surface area contributed by atoms with Gasteiger partial charge in [-0.05, 0) is 32.7 Å². The summed E-state index contributed by atoms with van der Waals surface area (Å²) in [4.78, 5) is 13.4. The first-order chi connectivity index (χ1) is 8.65. The van der Waals surface area contributed by atoms with E-state index >= 15 is 0 Å². The number of likely N-dealkylation sites (N-methyl/N-ethyl adjacent to an activating group) is 1. The van der Waals surface area contributed by atoms with Crippen molar-refractivity contribution in [2.45, 2.75) is 37.8 Å². The lowest BCUT2D eigenvalue weighted by Crippen LogP contribution is -2.47. The van der Waals surface area contributed by atoms with E-state index in [1.807, 2.05) is 0 Å². The van der Waals surface area contributed by atoms with E-state index in [0.29, 0.717) is 12.1 Å². The topological polar surface area (TPSA) is 67.6 Å². The normalized spacial score (nSPS) is 34.4. The second kappa shape index (κ2) is 6.50. The van der Waals surface area contributed by atoms with Crippen molar-refractivity contribution in [1.82, 2.24) is 10.2 Å². The highest BCUT2D eigenvalue weighted by Crippen LogP contribution is 2.23. The SMILES string of the molecule is CN1CCOC(CNC2CCC(C(N)=O)CC2)C1. The molecular weight excluding hydrogens is 230 g/mol. The molecule has 5 nitrogen and oxygen atoms in total. The number of carbonyl (C=O) groups excluding carboxylic acids is 1. The lowest BCUT2D eigenvalue weighted by atomic mass is 9.85. The maximum Gasteiger partial charge on any atom is 0.220 e. The molecule has 104 valence electrons. The number of primary amides is 1. The van der Waals surface area contributed by atoms with Crippen molar-refractivity contribution < 1.29 is 9.53 Å². The van der Waals surface area contributed by atoms with Crippen molar-refractivity contribution in [1.29, 1.82) is 0 Å². The van der Waals surface area contributed by atoms with Crippen LogP contribution in [0, 0.1) is 5.92 Å². The summed E-state index contributed by atoms with van der Waals surface area (Å²) in [7, 11) is 2.13. The van der Waals surface area contributed by atoms with Crippen LogP contribution in [-0.4, -0.2) is 56.2 Å². The summed E-state index contributed by atoms with van der Waals surface area (Å²) in [6, 6.07) is 0.524. The highest BCUT2D eigenvalue weighted by Gasteiger charge is 2.25. The van der Waals surface area contributed by atoms with E-state index in [2.05, 4.69) is 17.3 Å². The molecule has 1 amide bonds. The molecule has 1 atom stereocenters. The molecule has 1 aliphatic heterocycles. The number of ether oxygens (including phenoxy) is 1. The van der Waals surface area contributed by atoms with Crippen LogP contribution in [0.1, 0.15) is 25.7 Å². The molecule has 18 heavy (non-hydrogen) atoms. The van der Waals surface area contributed by atoms with Crippen molar-refractivity contribution in [3.05, 3.63) is 0 Å². The van der Waals surface area contributed by atoms with Gasteiger partial charge in [-0.3, -0.25) is 4.79 Å². The molecule has 0 bridgehead atoms. The number of rotatable bonds is 4. The van der Waals surface area contributed by atoms with Crippen molar-refractivity contribution in [2.24, 2.45) is 11.7 Å². The van der Waals surface area contributed by atoms with Gasteiger partial charge in [0.2, 0.25) is 5.91 Å². The van der Waals surface area contributed by atoms with Gasteiger partial charge in [0.25, 0.3) is 0 Å². The largest absolute Gasteiger partial charge is 0.374 e. The number of carbonyl (C=O) groups is 1. The number of amides is 1. The Morgan fingerprint density at radius 3 is 2.72 bits per heavy atom. The fourth-order valence-electron chi connectivity index (χ4n) is 2.87. The number of nitrogens with one attached hydrogen (secondary N) is 1. The minimum absolute atomic E-state index is 0.0973. The Bertz CT molecular complexity index is 277. The molecule has 0 aromatic rings. The molecule has 0 aromatic carbocycles. The van der Waals surface area contributed by atoms with Crippen LogP contribution in [0.2, 0.25) is 0 Å². The van der Waals surface area contributed by atoms with E-state index in [0.717, 1.165) is 51.9 Å². The van der Waals surface area contributed by atoms with Crippen LogP contribution in [0.25, 0.3) is 0 Å². The molecule has 1 saturated heterocycles. The minimum Gasteiger partial charge on any atom is -0.374 e. The third-order valence-electron chi connectivity index (χ3n) is 4.11. The molecule has 0 spiro atoms. The smallest absolute Gasteiger partial charge is 0.220 e. The Labute approximate surface area is 109 Å². The fraction of sp³-hybridized carbons (Fsp3) is 0.923. The lowest BCUT2D eigenvalue weighted by molar-refractivity contribution is -0.122. The van der Waals surface area contributed by atoms with Crippen LogP contribution in [0.4, 0.5) is 0 Å². The number of hydrogen-bond acceptors (Lipinski definition) is 4. The predicted molar refractivity (Wildman–Crippen MR) is 70.2 cm³/mol. The zero-order valence-electron chi connectivity index (χ0n) is 11.2. The summed E-state index contributed by atoms with van der Waals surface area (Å²) in [5, 5.41) is 3.57. The summed E-state index contributed by atoms with van der Waals surface area (Å²) in [5.74, 6) is -0.0363. The van der Waals surface area contributed by atoms with E-state index in [-0.39, 0.29) is 11.8 Å². The number of nitrogens with two attached hydrogens (primary N) is 1. The van der Waals surface area contributed by atoms with Crippen LogP contribution in [0.3, 0.4) is 0 Å². The van der Waals surface area contributed by atoms with Crippen molar-refractivity contribution in [3.8, 4) is 0 Å². The van der Waals surface area contributed by atoms with Gasteiger partial charge in [-0.1, -0.05) is 0 Å². The highest BCUT2D eigenvalue weighted by atomic mass is 16.5. The summed E-state index contributed by atoms with van der Waals surface area (Å²) in [6.07, 6.45) is 4.26. The summed E-state index contributed by atoms with van der Waals surface area (Å²) in [5.41, 5.74) is 5.33. The molecule has 5 heteroatoms. The predicted octanol–water partition coefficient (Wildman–Crippen LogP) is -0.0493. The zero-order chi connectivity index (χ0) is 13.0. The van der Waals surface area contributed by atoms with Crippen molar-refractivity contribution in [2.75, 3.05) is 33.3 Å². The monoisotopic (exact) mass is 255 g/mol. The molecule has 2 rings (SSSR count). The first-order valence-electron chi connectivity index (χ1n) is 6.98. The molecule has 0 radical (unpaired) electrons. The van der Waals surface area contributed by atoms with Gasteiger partial charge in [0, 0.05) is 31.6 Å². The fourth-order valence-corrected chi connectivity index (χ4v) is 2.87. The molecule has 0 aromatic heterocycles. The first kappa shape index (κ1) is 13.8. The van der Waals surface area contributed by atoms with Crippen LogP contribution in [-0.2, 0) is 9.53 Å². The summed E-state index contributed by atoms with van der Waals surface area (Å²) >= 11 is 0. The van der Waals surface area contributed by atoms with Gasteiger partial charge in [-0.15, -0.1) is 0 Å². The van der Waals surface area contributed by atoms with E-state index in [1.54, 1.807) is 0 Å². The standard InChI is InChI=1S/C13H25N3O2/c1-16-6-7-18-12(9-16)8-15-11-4-2-10(3-5-11)13(14)17/h10-12,15H,2-9H2,1H3,(H2,14,17). The third-order valence-corrected chi connectivity index (χ3v) is 4.11. The van der Waals surface area contributed by atoms with E-state index in [9.17, 15) is 4.79 Å². The molecule has 2 aliphatic rings. The van der Waals surface area contributed by atoms with Gasteiger partial charge in [-0.25, -0.2) is 0 Å². The third kappa shape index (κ3) is 3.93. The molecule has 1 saturated carbocycles. The molecule has 1 heterocycles. The Morgan fingerprint density at radius 2 is 2.11 bits per heavy atom. The Morgan fingerprint density at radius 1 is 1.39 bits per heavy atom. The molecule has 1 unspecified atom stereocenters. The number of nitrogens with zero attached hydrogens (tertiary/aromatic N) is 1. The average molecular weight is 255 g/mol. The number of hydrogen-bond donors (Lipinski definition) is 2. The second-order valence-corrected chi connectivity index (χ2v) is 5.61. The van der Waals surface area contributed by atoms with Crippen LogP contribution in [0.15, 0.2) is 0 Å². The van der Waals surface area contributed by atoms with Gasteiger partial charge < -0.3 is 20.7 Å². The Balaban J connectivity index is 1.64. The second-order valence-electron chi connectivity index (χ2n) is 5.61. The quantitative estimate of drug-likeness (QED) is 0.739. The Hall–Kier alpha value is -0.650. The van der Waals surface area contributed by atoms with E-state index < -0.39 is 0 Å². The Kier molecular flexibility index (Phi) is 4.97. The molecular formula is C13H25N3O2. The van der Waals surface area contributed by atoms with E-state index in [4.69, 9.17) is 10.5 Å². The summed E-state index contributed by atoms with van der Waals surface area (Å²) in [6.45, 7) is 3.78. The minimum atomic E-state index is -0.134. The molecule has 1 aliphatic carbocycles. The maximum atomic E-state index is 11.1. The van der Waals surface area contributed by atoms with Crippen LogP contribution < -0.4 is 11.1 Å². The zero-order valence-corrected chi connectivity index (χ0v) is 11.2. The van der Waals surface area contributed by atoms with Crippen LogP contribution in [0.5, 0.6) is 0 Å². The van der Waals surface area contributed by atoms with Gasteiger partial charge >= 0.3 is 0 Å². The van der Waals surface area contributed by atoms with Crippen molar-refractivity contribution >= 4 is 5.91 Å². The molecule has 2 fully saturated rings. The average Bonchev–Trinajstić information content (AvgIpc) is 2.37. The van der Waals surface area contributed by atoms with Gasteiger partial charge in [0.1, 0.15) is 0 Å². The lowest BCUT2D eigenvalue weighted by Gasteiger charge is -2.33. The number of morpholine rings is 1. The van der Waals surface area contributed by atoms with E-state index in [1.165, 1.54) is 0 Å². The van der Waals surface area contributed by atoms with Gasteiger partial charge in [0.05, 0.1) is 12.7 Å². The van der Waals surface area contributed by atoms with Gasteiger partial charge in [0.15, 0.2) is 0 Å². The summed E-state index contributed by atoms with van der Waals surface area (Å²) < 4.78 is 5.72. The maximum absolute atomic E-state index is 11.1. The van der Waals surface area contributed by atoms with Gasteiger partial charge in [-0.2, -0.15) is 0 Å². The van der Waals surface area contributed by atoms with Crippen molar-refractivity contribution in [3.63, 3.8) is 0 Å². The first-order valence-corrected chi connectivity index (χ1v) is 6.98.